The topological polar surface area (TPSA) is 146 Å². The Balaban J connectivity index is 1.48. The predicted octanol–water partition coefficient (Wildman–Crippen LogP) is 4.37. The highest BCUT2D eigenvalue weighted by molar-refractivity contribution is 5.97. The molecule has 4 N–H and O–H groups in total. The van der Waals surface area contributed by atoms with Gasteiger partial charge in [-0.1, -0.05) is 95.3 Å². The molecule has 2 fully saturated rings. The largest absolute Gasteiger partial charge is 0.379 e. The Morgan fingerprint density at radius 1 is 0.685 bits per heavy atom. The highest BCUT2D eigenvalue weighted by Crippen LogP contribution is 2.47. The number of rotatable bonds is 22. The Labute approximate surface area is 322 Å². The molecule has 0 aromatic heterocycles. The van der Waals surface area contributed by atoms with Crippen molar-refractivity contribution in [1.82, 2.24) is 26.2 Å². The molecule has 0 unspecified atom stereocenters. The molecule has 4 atom stereocenters. The van der Waals surface area contributed by atoms with Gasteiger partial charge in [0.15, 0.2) is 5.78 Å². The van der Waals surface area contributed by atoms with E-state index in [0.29, 0.717) is 45.3 Å². The summed E-state index contributed by atoms with van der Waals surface area (Å²) < 4.78 is 5.42. The van der Waals surface area contributed by atoms with Gasteiger partial charge in [0.1, 0.15) is 18.1 Å². The van der Waals surface area contributed by atoms with E-state index in [4.69, 9.17) is 4.74 Å². The van der Waals surface area contributed by atoms with Crippen molar-refractivity contribution in [3.05, 3.63) is 71.8 Å². The second-order valence-corrected chi connectivity index (χ2v) is 16.3. The molecule has 296 valence electrons. The number of hydrogen-bond acceptors (Lipinski definition) is 7. The smallest absolute Gasteiger partial charge is 0.243 e. The SMILES string of the molecule is CC(C)C[C@H](NC(=O)[C@H](CCc1ccccc1)NC(=O)CCCN1CCOCC1)C(=O)N[C@@H](Cc1ccccc1)C(=O)N[C@@H](CC(C)C)C(=O)C1(C)CC1. The number of nitrogens with one attached hydrogen (secondary N) is 4. The summed E-state index contributed by atoms with van der Waals surface area (Å²) in [5.74, 6) is -1.35. The van der Waals surface area contributed by atoms with E-state index in [1.807, 2.05) is 95.3 Å². The Morgan fingerprint density at radius 3 is 1.80 bits per heavy atom. The number of nitrogens with zero attached hydrogens (tertiary/aromatic N) is 1. The van der Waals surface area contributed by atoms with E-state index in [0.717, 1.165) is 43.6 Å². The van der Waals surface area contributed by atoms with Crippen LogP contribution in [0.5, 0.6) is 0 Å². The zero-order valence-electron chi connectivity index (χ0n) is 33.0. The number of Topliss-reactive ketones (excluding diaryl/α,β-unsaturated/α-hetero) is 1. The van der Waals surface area contributed by atoms with Crippen LogP contribution >= 0.6 is 0 Å². The normalized spacial score (nSPS) is 17.5. The van der Waals surface area contributed by atoms with E-state index in [9.17, 15) is 24.0 Å². The van der Waals surface area contributed by atoms with Crippen molar-refractivity contribution in [2.45, 2.75) is 117 Å². The Morgan fingerprint density at radius 2 is 1.20 bits per heavy atom. The average Bonchev–Trinajstić information content (AvgIpc) is 3.91. The van der Waals surface area contributed by atoms with Crippen LogP contribution in [0.3, 0.4) is 0 Å². The molecule has 4 rings (SSSR count). The van der Waals surface area contributed by atoms with Crippen molar-refractivity contribution in [1.29, 1.82) is 0 Å². The first-order valence-corrected chi connectivity index (χ1v) is 20.0. The number of ketones is 1. The number of aryl methyl sites for hydroxylation is 1. The molecule has 1 heterocycles. The van der Waals surface area contributed by atoms with Gasteiger partial charge in [0.2, 0.25) is 23.6 Å². The number of amides is 4. The second kappa shape index (κ2) is 21.1. The van der Waals surface area contributed by atoms with Crippen molar-refractivity contribution < 1.29 is 28.7 Å². The van der Waals surface area contributed by atoms with Gasteiger partial charge in [-0.3, -0.25) is 28.9 Å². The number of benzene rings is 2. The fourth-order valence-electron chi connectivity index (χ4n) is 6.92. The lowest BCUT2D eigenvalue weighted by Gasteiger charge is -2.28. The van der Waals surface area contributed by atoms with E-state index in [1.165, 1.54) is 0 Å². The third-order valence-corrected chi connectivity index (χ3v) is 10.4. The number of hydrogen-bond donors (Lipinski definition) is 4. The van der Waals surface area contributed by atoms with E-state index < -0.39 is 47.3 Å². The van der Waals surface area contributed by atoms with Crippen LogP contribution in [0.2, 0.25) is 0 Å². The number of carbonyl (C=O) groups excluding carboxylic acids is 5. The van der Waals surface area contributed by atoms with Crippen LogP contribution in [0.25, 0.3) is 0 Å². The second-order valence-electron chi connectivity index (χ2n) is 16.3. The van der Waals surface area contributed by atoms with Gasteiger partial charge in [-0.15, -0.1) is 0 Å². The monoisotopic (exact) mass is 745 g/mol. The predicted molar refractivity (Wildman–Crippen MR) is 210 cm³/mol. The van der Waals surface area contributed by atoms with Gasteiger partial charge in [-0.05, 0) is 74.5 Å². The molecule has 11 heteroatoms. The van der Waals surface area contributed by atoms with Crippen molar-refractivity contribution in [3.8, 4) is 0 Å². The van der Waals surface area contributed by atoms with Crippen LogP contribution < -0.4 is 21.3 Å². The molecular weight excluding hydrogens is 683 g/mol. The van der Waals surface area contributed by atoms with Crippen molar-refractivity contribution in [3.63, 3.8) is 0 Å². The maximum atomic E-state index is 14.1. The van der Waals surface area contributed by atoms with Crippen molar-refractivity contribution in [2.75, 3.05) is 32.8 Å². The number of ether oxygens (including phenoxy) is 1. The summed E-state index contributed by atoms with van der Waals surface area (Å²) in [7, 11) is 0. The quantitative estimate of drug-likeness (QED) is 0.140. The summed E-state index contributed by atoms with van der Waals surface area (Å²) in [6, 6.07) is 15.7. The molecule has 2 aromatic carbocycles. The van der Waals surface area contributed by atoms with Crippen LogP contribution in [0.1, 0.15) is 90.7 Å². The minimum atomic E-state index is -0.985. The van der Waals surface area contributed by atoms with Crippen LogP contribution in [0.15, 0.2) is 60.7 Å². The number of morpholine rings is 1. The van der Waals surface area contributed by atoms with Crippen molar-refractivity contribution in [2.24, 2.45) is 17.3 Å². The van der Waals surface area contributed by atoms with Gasteiger partial charge in [-0.25, -0.2) is 0 Å². The lowest BCUT2D eigenvalue weighted by Crippen LogP contribution is -2.58. The molecule has 1 aliphatic heterocycles. The lowest BCUT2D eigenvalue weighted by atomic mass is 9.91. The minimum absolute atomic E-state index is 0.0315. The van der Waals surface area contributed by atoms with Crippen LogP contribution in [-0.4, -0.2) is 91.3 Å². The van der Waals surface area contributed by atoms with Gasteiger partial charge >= 0.3 is 0 Å². The van der Waals surface area contributed by atoms with Crippen LogP contribution in [0, 0.1) is 17.3 Å². The molecule has 2 aromatic rings. The zero-order valence-corrected chi connectivity index (χ0v) is 33.0. The third kappa shape index (κ3) is 14.3. The van der Waals surface area contributed by atoms with E-state index >= 15 is 0 Å². The van der Waals surface area contributed by atoms with Crippen molar-refractivity contribution >= 4 is 29.4 Å². The first-order valence-electron chi connectivity index (χ1n) is 20.0. The maximum absolute atomic E-state index is 14.1. The third-order valence-electron chi connectivity index (χ3n) is 10.4. The van der Waals surface area contributed by atoms with Gasteiger partial charge in [0.25, 0.3) is 0 Å². The Hall–Kier alpha value is -4.09. The molecule has 0 bridgehead atoms. The fraction of sp³-hybridized carbons (Fsp3) is 0.605. The van der Waals surface area contributed by atoms with Gasteiger partial charge in [0, 0.05) is 31.3 Å². The lowest BCUT2D eigenvalue weighted by molar-refractivity contribution is -0.135. The highest BCUT2D eigenvalue weighted by Gasteiger charge is 2.48. The summed E-state index contributed by atoms with van der Waals surface area (Å²) in [6.07, 6.45) is 4.48. The Kier molecular flexibility index (Phi) is 16.7. The first kappa shape index (κ1) is 42.6. The summed E-state index contributed by atoms with van der Waals surface area (Å²) in [6.45, 7) is 13.7. The molecule has 2 aliphatic rings. The molecule has 0 spiro atoms. The molecular formula is C43H63N5O6. The standard InChI is InChI=1S/C43H63N5O6/c1-30(2)27-35(39(50)43(5)20-21-43)45-42(53)37(29-33-15-10-7-11-16-33)47-41(52)36(28-31(3)4)46-40(51)34(19-18-32-13-8-6-9-14-32)44-38(49)17-12-22-48-23-25-54-26-24-48/h6-11,13-16,30-31,34-37H,12,17-29H2,1-5H3,(H,44,49)(H,45,53)(H,46,51)(H,47,52)/t34-,35-,36-,37-/m0/s1. The molecule has 11 nitrogen and oxygen atoms in total. The van der Waals surface area contributed by atoms with E-state index in [2.05, 4.69) is 26.2 Å². The van der Waals surface area contributed by atoms with E-state index in [-0.39, 0.29) is 36.4 Å². The maximum Gasteiger partial charge on any atom is 0.243 e. The Bertz CT molecular complexity index is 1510. The summed E-state index contributed by atoms with van der Waals surface area (Å²) >= 11 is 0. The summed E-state index contributed by atoms with van der Waals surface area (Å²) in [5.41, 5.74) is 1.46. The molecule has 54 heavy (non-hydrogen) atoms. The van der Waals surface area contributed by atoms with Crippen LogP contribution in [-0.2, 0) is 41.6 Å². The molecule has 1 saturated heterocycles. The summed E-state index contributed by atoms with van der Waals surface area (Å²) in [4.78, 5) is 71.1. The van der Waals surface area contributed by atoms with Gasteiger partial charge in [0.05, 0.1) is 19.3 Å². The summed E-state index contributed by atoms with van der Waals surface area (Å²) in [5, 5.41) is 11.9. The molecule has 1 aliphatic carbocycles. The molecule has 4 amide bonds. The molecule has 1 saturated carbocycles. The zero-order chi connectivity index (χ0) is 39.1. The first-order chi connectivity index (χ1) is 25.8. The minimum Gasteiger partial charge on any atom is -0.379 e. The number of carbonyl (C=O) groups is 5. The molecule has 0 radical (unpaired) electrons. The highest BCUT2D eigenvalue weighted by atomic mass is 16.5. The fourth-order valence-corrected chi connectivity index (χ4v) is 6.92. The van der Waals surface area contributed by atoms with E-state index in [1.54, 1.807) is 0 Å². The van der Waals surface area contributed by atoms with Gasteiger partial charge in [-0.2, -0.15) is 0 Å². The van der Waals surface area contributed by atoms with Gasteiger partial charge < -0.3 is 26.0 Å². The van der Waals surface area contributed by atoms with Crippen LogP contribution in [0.4, 0.5) is 0 Å². The average molecular weight is 746 g/mol.